The Balaban J connectivity index is 1.38. The Morgan fingerprint density at radius 2 is 1.84 bits per heavy atom. The number of primary amides is 1. The Hall–Kier alpha value is -3.62. The lowest BCUT2D eigenvalue weighted by atomic mass is 9.96. The smallest absolute Gasteiger partial charge is 0.252 e. The predicted octanol–water partition coefficient (Wildman–Crippen LogP) is 4.64. The summed E-state index contributed by atoms with van der Waals surface area (Å²) < 4.78 is 0. The van der Waals surface area contributed by atoms with Crippen LogP contribution in [0.2, 0.25) is 5.02 Å². The molecule has 1 saturated carbocycles. The van der Waals surface area contributed by atoms with Crippen LogP contribution in [0, 0.1) is 5.92 Å². The van der Waals surface area contributed by atoms with Gasteiger partial charge in [-0.05, 0) is 62.5 Å². The molecule has 1 aliphatic carbocycles. The van der Waals surface area contributed by atoms with Crippen molar-refractivity contribution in [2.24, 2.45) is 11.7 Å². The van der Waals surface area contributed by atoms with Gasteiger partial charge in [-0.25, -0.2) is 4.98 Å². The molecule has 37 heavy (non-hydrogen) atoms. The zero-order valence-electron chi connectivity index (χ0n) is 20.8. The average molecular weight is 519 g/mol. The Kier molecular flexibility index (Phi) is 7.04. The highest BCUT2D eigenvalue weighted by molar-refractivity contribution is 6.34. The maximum Gasteiger partial charge on any atom is 0.252 e. The van der Waals surface area contributed by atoms with E-state index in [0.29, 0.717) is 27.8 Å². The van der Waals surface area contributed by atoms with Crippen LogP contribution in [0.4, 0.5) is 22.9 Å². The Bertz CT molecular complexity index is 1310. The minimum atomic E-state index is -0.544. The van der Waals surface area contributed by atoms with E-state index in [9.17, 15) is 9.59 Å². The predicted molar refractivity (Wildman–Crippen MR) is 147 cm³/mol. The largest absolute Gasteiger partial charge is 0.375 e. The van der Waals surface area contributed by atoms with Crippen LogP contribution in [0.15, 0.2) is 60.8 Å². The summed E-state index contributed by atoms with van der Waals surface area (Å²) in [7, 11) is 1.76. The first kappa shape index (κ1) is 25.0. The van der Waals surface area contributed by atoms with Gasteiger partial charge in [0.1, 0.15) is 5.82 Å². The minimum Gasteiger partial charge on any atom is -0.375 e. The van der Waals surface area contributed by atoms with Crippen LogP contribution in [0.3, 0.4) is 0 Å². The Morgan fingerprint density at radius 1 is 1.11 bits per heavy atom. The van der Waals surface area contributed by atoms with Crippen molar-refractivity contribution < 1.29 is 9.59 Å². The molecule has 1 aliphatic heterocycles. The number of hydrogen-bond donors (Lipinski definition) is 4. The molecule has 0 spiro atoms. The molecule has 2 fully saturated rings. The van der Waals surface area contributed by atoms with Crippen molar-refractivity contribution in [3.63, 3.8) is 0 Å². The van der Waals surface area contributed by atoms with Gasteiger partial charge in [0.05, 0.1) is 27.5 Å². The molecular weight excluding hydrogens is 488 g/mol. The number of carbonyl (C=O) groups is 2. The van der Waals surface area contributed by atoms with Crippen LogP contribution in [-0.2, 0) is 10.3 Å². The number of piperidine rings is 1. The van der Waals surface area contributed by atoms with Crippen LogP contribution in [-0.4, -0.2) is 36.9 Å². The second kappa shape index (κ2) is 10.4. The molecule has 2 aromatic carbocycles. The summed E-state index contributed by atoms with van der Waals surface area (Å²) >= 11 is 6.48. The van der Waals surface area contributed by atoms with Gasteiger partial charge in [0.15, 0.2) is 0 Å². The van der Waals surface area contributed by atoms with E-state index in [1.54, 1.807) is 24.1 Å². The molecule has 2 aliphatic rings. The quantitative estimate of drug-likeness (QED) is 0.345. The number of amides is 2. The van der Waals surface area contributed by atoms with Crippen molar-refractivity contribution >= 4 is 46.3 Å². The first-order valence-electron chi connectivity index (χ1n) is 12.5. The van der Waals surface area contributed by atoms with E-state index in [1.165, 1.54) is 11.8 Å². The van der Waals surface area contributed by atoms with E-state index in [1.807, 2.05) is 30.3 Å². The second-order valence-electron chi connectivity index (χ2n) is 9.77. The number of nitrogens with zero attached hydrogens (tertiary/aromatic N) is 2. The standard InChI is InChI=1S/C28H31ClN6O2/c1-35(27(37)18-9-13-31-14-10-18)24-15-20(7-8-22(24)29)33-25-16-23(21(17-32-25)26(30)36)34-28(11-12-28)19-5-3-2-4-6-19/h2-8,15-18,31H,9-14H2,1H3,(H2,30,36)(H2,32,33,34). The summed E-state index contributed by atoms with van der Waals surface area (Å²) in [6, 6.07) is 17.4. The Labute approximate surface area is 221 Å². The zero-order chi connectivity index (χ0) is 26.0. The first-order valence-corrected chi connectivity index (χ1v) is 12.9. The van der Waals surface area contributed by atoms with Crippen molar-refractivity contribution in [2.75, 3.05) is 35.7 Å². The van der Waals surface area contributed by atoms with Crippen LogP contribution in [0.1, 0.15) is 41.6 Å². The maximum absolute atomic E-state index is 13.1. The maximum atomic E-state index is 13.1. The molecule has 3 aromatic rings. The molecule has 2 amide bonds. The third-order valence-electron chi connectivity index (χ3n) is 7.22. The van der Waals surface area contributed by atoms with E-state index in [4.69, 9.17) is 17.3 Å². The van der Waals surface area contributed by atoms with Gasteiger partial charge in [0.25, 0.3) is 5.91 Å². The summed E-state index contributed by atoms with van der Waals surface area (Å²) in [6.07, 6.45) is 5.03. The van der Waals surface area contributed by atoms with Gasteiger partial charge >= 0.3 is 0 Å². The van der Waals surface area contributed by atoms with Crippen LogP contribution in [0.25, 0.3) is 0 Å². The van der Waals surface area contributed by atoms with Crippen molar-refractivity contribution in [1.29, 1.82) is 0 Å². The number of nitrogens with one attached hydrogen (secondary N) is 3. The molecular formula is C28H31ClN6O2. The molecule has 0 bridgehead atoms. The average Bonchev–Trinajstić information content (AvgIpc) is 3.70. The lowest BCUT2D eigenvalue weighted by molar-refractivity contribution is -0.122. The van der Waals surface area contributed by atoms with Crippen molar-refractivity contribution in [3.8, 4) is 0 Å². The summed E-state index contributed by atoms with van der Waals surface area (Å²) in [5, 5.41) is 10.6. The summed E-state index contributed by atoms with van der Waals surface area (Å²) in [5.41, 5.74) is 8.90. The minimum absolute atomic E-state index is 0.0186. The SMILES string of the molecule is CN(C(=O)C1CCNCC1)c1cc(Nc2cc(NC3(c4ccccc4)CC3)c(C(N)=O)cn2)ccc1Cl. The number of nitrogens with two attached hydrogens (primary N) is 1. The molecule has 9 heteroatoms. The molecule has 8 nitrogen and oxygen atoms in total. The van der Waals surface area contributed by atoms with Crippen molar-refractivity contribution in [1.82, 2.24) is 10.3 Å². The number of rotatable bonds is 8. The van der Waals surface area contributed by atoms with E-state index in [2.05, 4.69) is 33.1 Å². The number of carbonyl (C=O) groups excluding carboxylic acids is 2. The van der Waals surface area contributed by atoms with E-state index >= 15 is 0 Å². The van der Waals surface area contributed by atoms with Gasteiger partial charge in [0, 0.05) is 30.9 Å². The molecule has 5 N–H and O–H groups in total. The van der Waals surface area contributed by atoms with Crippen LogP contribution in [0.5, 0.6) is 0 Å². The molecule has 0 radical (unpaired) electrons. The monoisotopic (exact) mass is 518 g/mol. The number of halogens is 1. The van der Waals surface area contributed by atoms with Gasteiger partial charge in [0.2, 0.25) is 5.91 Å². The molecule has 192 valence electrons. The molecule has 5 rings (SSSR count). The van der Waals surface area contributed by atoms with Gasteiger partial charge < -0.3 is 26.6 Å². The van der Waals surface area contributed by atoms with Crippen molar-refractivity contribution in [2.45, 2.75) is 31.2 Å². The molecule has 1 aromatic heterocycles. The van der Waals surface area contributed by atoms with E-state index in [0.717, 1.165) is 44.5 Å². The summed E-state index contributed by atoms with van der Waals surface area (Å²) in [5.74, 6) is 0.0377. The third-order valence-corrected chi connectivity index (χ3v) is 7.54. The zero-order valence-corrected chi connectivity index (χ0v) is 21.5. The summed E-state index contributed by atoms with van der Waals surface area (Å²) in [6.45, 7) is 1.68. The molecule has 1 saturated heterocycles. The second-order valence-corrected chi connectivity index (χ2v) is 10.2. The highest BCUT2D eigenvalue weighted by Crippen LogP contribution is 2.48. The number of anilines is 4. The highest BCUT2D eigenvalue weighted by Gasteiger charge is 2.44. The van der Waals surface area contributed by atoms with Crippen LogP contribution < -0.4 is 26.6 Å². The van der Waals surface area contributed by atoms with Gasteiger partial charge in [-0.3, -0.25) is 9.59 Å². The summed E-state index contributed by atoms with van der Waals surface area (Å²) in [4.78, 5) is 31.3. The van der Waals surface area contributed by atoms with E-state index in [-0.39, 0.29) is 17.4 Å². The molecule has 2 heterocycles. The number of hydrogen-bond acceptors (Lipinski definition) is 6. The number of pyridine rings is 1. The Morgan fingerprint density at radius 3 is 2.51 bits per heavy atom. The van der Waals surface area contributed by atoms with Gasteiger partial charge in [-0.1, -0.05) is 41.9 Å². The fourth-order valence-electron chi connectivity index (χ4n) is 4.91. The number of aromatic nitrogens is 1. The topological polar surface area (TPSA) is 112 Å². The molecule has 0 atom stereocenters. The highest BCUT2D eigenvalue weighted by atomic mass is 35.5. The number of benzene rings is 2. The fraction of sp³-hybridized carbons (Fsp3) is 0.321. The van der Waals surface area contributed by atoms with E-state index < -0.39 is 5.91 Å². The van der Waals surface area contributed by atoms with Gasteiger partial charge in [-0.15, -0.1) is 0 Å². The first-order chi connectivity index (χ1) is 17.9. The third kappa shape index (κ3) is 5.40. The normalized spacial score (nSPS) is 16.6. The lowest BCUT2D eigenvalue weighted by Gasteiger charge is -2.27. The lowest BCUT2D eigenvalue weighted by Crippen LogP contribution is -2.39. The van der Waals surface area contributed by atoms with Crippen LogP contribution >= 0.6 is 11.6 Å². The van der Waals surface area contributed by atoms with Gasteiger partial charge in [-0.2, -0.15) is 0 Å². The van der Waals surface area contributed by atoms with Crippen molar-refractivity contribution in [3.05, 3.63) is 76.9 Å². The fourth-order valence-corrected chi connectivity index (χ4v) is 5.15. The molecule has 0 unspecified atom stereocenters.